The maximum absolute atomic E-state index is 11.9. The Hall–Kier alpha value is -2.34. The van der Waals surface area contributed by atoms with Crippen LogP contribution in [0, 0.1) is 5.92 Å². The van der Waals surface area contributed by atoms with Crippen LogP contribution in [0.1, 0.15) is 38.8 Å². The minimum atomic E-state index is -0.361. The van der Waals surface area contributed by atoms with Crippen LogP contribution < -0.4 is 10.6 Å². The van der Waals surface area contributed by atoms with Crippen molar-refractivity contribution in [3.63, 3.8) is 0 Å². The second kappa shape index (κ2) is 8.49. The lowest BCUT2D eigenvalue weighted by Crippen LogP contribution is -2.33. The molecule has 0 aliphatic carbocycles. The van der Waals surface area contributed by atoms with Crippen LogP contribution in [-0.4, -0.2) is 33.6 Å². The van der Waals surface area contributed by atoms with Gasteiger partial charge in [0.2, 0.25) is 0 Å². The van der Waals surface area contributed by atoms with Crippen molar-refractivity contribution in [2.45, 2.75) is 39.3 Å². The first-order valence-electron chi connectivity index (χ1n) is 8.28. The average Bonchev–Trinajstić information content (AvgIpc) is 3.01. The first-order chi connectivity index (χ1) is 11.5. The van der Waals surface area contributed by atoms with Crippen molar-refractivity contribution in [3.8, 4) is 0 Å². The van der Waals surface area contributed by atoms with Crippen LogP contribution >= 0.6 is 0 Å². The number of carbonyl (C=O) groups excluding carboxylic acids is 1. The minimum Gasteiger partial charge on any atom is -0.393 e. The van der Waals surface area contributed by atoms with E-state index in [1.54, 1.807) is 13.0 Å². The molecule has 2 aromatic rings. The van der Waals surface area contributed by atoms with Crippen molar-refractivity contribution >= 4 is 11.8 Å². The lowest BCUT2D eigenvalue weighted by Gasteiger charge is -2.14. The predicted molar refractivity (Wildman–Crippen MR) is 95.0 cm³/mol. The zero-order chi connectivity index (χ0) is 17.5. The number of hydrogen-bond donors (Lipinski definition) is 3. The van der Waals surface area contributed by atoms with Gasteiger partial charge >= 0.3 is 6.03 Å². The minimum absolute atomic E-state index is 0.0934. The summed E-state index contributed by atoms with van der Waals surface area (Å²) in [6, 6.07) is 11.7. The second-order valence-corrected chi connectivity index (χ2v) is 6.29. The van der Waals surface area contributed by atoms with Gasteiger partial charge in [-0.1, -0.05) is 37.3 Å². The number of amides is 2. The Labute approximate surface area is 142 Å². The molecule has 24 heavy (non-hydrogen) atoms. The van der Waals surface area contributed by atoms with E-state index in [9.17, 15) is 9.90 Å². The molecule has 6 heteroatoms. The Balaban J connectivity index is 1.86. The molecule has 0 saturated heterocycles. The summed E-state index contributed by atoms with van der Waals surface area (Å²) in [4.78, 5) is 11.9. The molecule has 1 aromatic heterocycles. The predicted octanol–water partition coefficient (Wildman–Crippen LogP) is 3.02. The zero-order valence-corrected chi connectivity index (χ0v) is 14.4. The van der Waals surface area contributed by atoms with Crippen LogP contribution in [0.15, 0.2) is 42.6 Å². The van der Waals surface area contributed by atoms with Gasteiger partial charge in [0.1, 0.15) is 0 Å². The van der Waals surface area contributed by atoms with E-state index in [1.807, 2.05) is 36.0 Å². The smallest absolute Gasteiger partial charge is 0.320 e. The molecule has 2 amide bonds. The highest BCUT2D eigenvalue weighted by Crippen LogP contribution is 2.17. The van der Waals surface area contributed by atoms with Gasteiger partial charge in [-0.2, -0.15) is 5.10 Å². The Kier molecular flexibility index (Phi) is 6.37. The normalized spacial score (nSPS) is 14.7. The van der Waals surface area contributed by atoms with Crippen LogP contribution in [-0.2, 0) is 0 Å². The van der Waals surface area contributed by atoms with Gasteiger partial charge in [-0.05, 0) is 31.7 Å². The van der Waals surface area contributed by atoms with Crippen LogP contribution in [0.25, 0.3) is 0 Å². The van der Waals surface area contributed by atoms with Gasteiger partial charge in [0.25, 0.3) is 0 Å². The number of nitrogens with one attached hydrogen (secondary N) is 2. The van der Waals surface area contributed by atoms with Crippen molar-refractivity contribution in [1.82, 2.24) is 15.1 Å². The van der Waals surface area contributed by atoms with Gasteiger partial charge in [-0.15, -0.1) is 0 Å². The van der Waals surface area contributed by atoms with Crippen molar-refractivity contribution in [1.29, 1.82) is 0 Å². The number of aliphatic hydroxyl groups is 1. The quantitative estimate of drug-likeness (QED) is 0.730. The summed E-state index contributed by atoms with van der Waals surface area (Å²) in [5.41, 5.74) is 1.16. The molecule has 1 heterocycles. The molecule has 6 nitrogen and oxygen atoms in total. The van der Waals surface area contributed by atoms with Gasteiger partial charge in [0.15, 0.2) is 5.82 Å². The third-order valence-electron chi connectivity index (χ3n) is 3.88. The molecule has 2 rings (SSSR count). The number of rotatable bonds is 7. The first-order valence-corrected chi connectivity index (χ1v) is 8.28. The third-order valence-corrected chi connectivity index (χ3v) is 3.88. The highest BCUT2D eigenvalue weighted by Gasteiger charge is 2.12. The zero-order valence-electron chi connectivity index (χ0n) is 14.4. The molecule has 3 N–H and O–H groups in total. The van der Waals surface area contributed by atoms with Crippen molar-refractivity contribution < 1.29 is 9.90 Å². The molecule has 3 unspecified atom stereocenters. The average molecular weight is 330 g/mol. The number of benzene rings is 1. The number of nitrogens with zero attached hydrogens (tertiary/aromatic N) is 2. The number of urea groups is 1. The SMILES string of the molecule is CC(O)CC(C)CNC(=O)Nc1ccn(C(C)c2ccccc2)n1. The standard InChI is InChI=1S/C18H26N4O2/c1-13(11-14(2)23)12-19-18(24)20-17-9-10-22(21-17)15(3)16-7-5-4-6-8-16/h4-10,13-15,23H,11-12H2,1-3H3,(H2,19,20,21,24). The molecule has 0 aliphatic heterocycles. The topological polar surface area (TPSA) is 79.2 Å². The van der Waals surface area contributed by atoms with Gasteiger partial charge in [-0.25, -0.2) is 4.79 Å². The number of aliphatic hydroxyl groups excluding tert-OH is 1. The number of carbonyl (C=O) groups is 1. The van der Waals surface area contributed by atoms with Crippen molar-refractivity contribution in [2.24, 2.45) is 5.92 Å². The van der Waals surface area contributed by atoms with Crippen LogP contribution in [0.2, 0.25) is 0 Å². The highest BCUT2D eigenvalue weighted by atomic mass is 16.3. The Bertz CT molecular complexity index is 639. The summed E-state index contributed by atoms with van der Waals surface area (Å²) >= 11 is 0. The van der Waals surface area contributed by atoms with E-state index >= 15 is 0 Å². The Morgan fingerprint density at radius 2 is 1.92 bits per heavy atom. The summed E-state index contributed by atoms with van der Waals surface area (Å²) in [7, 11) is 0. The fraction of sp³-hybridized carbons (Fsp3) is 0.444. The summed E-state index contributed by atoms with van der Waals surface area (Å²) in [5.74, 6) is 0.727. The summed E-state index contributed by atoms with van der Waals surface area (Å²) in [5, 5.41) is 19.3. The number of anilines is 1. The monoisotopic (exact) mass is 330 g/mol. The maximum atomic E-state index is 11.9. The molecular weight excluding hydrogens is 304 g/mol. The van der Waals surface area contributed by atoms with E-state index in [0.29, 0.717) is 18.8 Å². The molecule has 0 aliphatic rings. The maximum Gasteiger partial charge on any atom is 0.320 e. The van der Waals surface area contributed by atoms with Crippen LogP contribution in [0.5, 0.6) is 0 Å². The van der Waals surface area contributed by atoms with E-state index in [0.717, 1.165) is 5.56 Å². The Morgan fingerprint density at radius 1 is 1.21 bits per heavy atom. The first kappa shape index (κ1) is 18.0. The molecule has 0 bridgehead atoms. The second-order valence-electron chi connectivity index (χ2n) is 6.29. The highest BCUT2D eigenvalue weighted by molar-refractivity contribution is 5.88. The lowest BCUT2D eigenvalue weighted by molar-refractivity contribution is 0.163. The van der Waals surface area contributed by atoms with Crippen LogP contribution in [0.3, 0.4) is 0 Å². The summed E-state index contributed by atoms with van der Waals surface area (Å²) in [6.45, 7) is 6.31. The third kappa shape index (κ3) is 5.38. The van der Waals surface area contributed by atoms with Crippen molar-refractivity contribution in [3.05, 3.63) is 48.2 Å². The molecule has 1 aromatic carbocycles. The van der Waals surface area contributed by atoms with Crippen LogP contribution in [0.4, 0.5) is 10.6 Å². The van der Waals surface area contributed by atoms with E-state index < -0.39 is 0 Å². The number of aromatic nitrogens is 2. The molecule has 0 saturated carbocycles. The van der Waals surface area contributed by atoms with E-state index in [2.05, 4.69) is 34.8 Å². The van der Waals surface area contributed by atoms with E-state index in [4.69, 9.17) is 0 Å². The van der Waals surface area contributed by atoms with E-state index in [-0.39, 0.29) is 24.1 Å². The van der Waals surface area contributed by atoms with E-state index in [1.165, 1.54) is 0 Å². The van der Waals surface area contributed by atoms with Gasteiger partial charge in [0.05, 0.1) is 12.1 Å². The molecule has 130 valence electrons. The Morgan fingerprint density at radius 3 is 2.58 bits per heavy atom. The van der Waals surface area contributed by atoms with Crippen molar-refractivity contribution in [2.75, 3.05) is 11.9 Å². The molecule has 0 radical (unpaired) electrons. The summed E-state index contributed by atoms with van der Waals surface area (Å²) in [6.07, 6.45) is 2.15. The molecule has 0 spiro atoms. The fourth-order valence-corrected chi connectivity index (χ4v) is 2.60. The summed E-state index contributed by atoms with van der Waals surface area (Å²) < 4.78 is 1.82. The molecule has 0 fully saturated rings. The molecular formula is C18H26N4O2. The molecule has 3 atom stereocenters. The fourth-order valence-electron chi connectivity index (χ4n) is 2.60. The largest absolute Gasteiger partial charge is 0.393 e. The van der Waals surface area contributed by atoms with Gasteiger partial charge in [-0.3, -0.25) is 10.00 Å². The van der Waals surface area contributed by atoms with Gasteiger partial charge < -0.3 is 10.4 Å². The number of hydrogen-bond acceptors (Lipinski definition) is 3. The van der Waals surface area contributed by atoms with Gasteiger partial charge in [0, 0.05) is 18.8 Å². The lowest BCUT2D eigenvalue weighted by atomic mass is 10.1.